The second-order valence-electron chi connectivity index (χ2n) is 6.23. The van der Waals surface area contributed by atoms with Crippen molar-refractivity contribution in [3.63, 3.8) is 0 Å². The van der Waals surface area contributed by atoms with Crippen LogP contribution < -0.4 is 5.32 Å². The Hall–Kier alpha value is -0.470. The lowest BCUT2D eigenvalue weighted by Gasteiger charge is -2.29. The number of hydrogen-bond acceptors (Lipinski definition) is 2. The normalized spacial score (nSPS) is 30.3. The van der Waals surface area contributed by atoms with Gasteiger partial charge in [-0.2, -0.15) is 0 Å². The van der Waals surface area contributed by atoms with E-state index in [2.05, 4.69) is 48.3 Å². The topological polar surface area (TPSA) is 12.0 Å². The van der Waals surface area contributed by atoms with Gasteiger partial charge in [-0.3, -0.25) is 0 Å². The zero-order chi connectivity index (χ0) is 13.1. The molecule has 3 rings (SSSR count). The lowest BCUT2D eigenvalue weighted by Crippen LogP contribution is -2.33. The van der Waals surface area contributed by atoms with Crippen molar-refractivity contribution < 1.29 is 0 Å². The summed E-state index contributed by atoms with van der Waals surface area (Å²) in [7, 11) is 0. The summed E-state index contributed by atoms with van der Waals surface area (Å²) in [6.07, 6.45) is 7.02. The fraction of sp³-hybridized carbons (Fsp3) is 0.647. The van der Waals surface area contributed by atoms with E-state index in [9.17, 15) is 0 Å². The van der Waals surface area contributed by atoms with E-state index in [0.717, 1.165) is 17.1 Å². The first-order valence-corrected chi connectivity index (χ1v) is 8.66. The van der Waals surface area contributed by atoms with Gasteiger partial charge in [0, 0.05) is 16.7 Å². The smallest absolute Gasteiger partial charge is 0.0260 e. The van der Waals surface area contributed by atoms with E-state index in [0.29, 0.717) is 0 Å². The number of fused-ring (bicyclic) bond motifs is 1. The molecule has 0 bridgehead atoms. The molecule has 0 aromatic heterocycles. The predicted molar refractivity (Wildman–Crippen MR) is 83.8 cm³/mol. The Labute approximate surface area is 121 Å². The number of benzene rings is 1. The summed E-state index contributed by atoms with van der Waals surface area (Å²) in [4.78, 5) is 1.50. The molecule has 1 saturated carbocycles. The summed E-state index contributed by atoms with van der Waals surface area (Å²) in [5, 5.41) is 4.49. The van der Waals surface area contributed by atoms with Crippen molar-refractivity contribution in [2.75, 3.05) is 13.1 Å². The van der Waals surface area contributed by atoms with Gasteiger partial charge in [0.2, 0.25) is 0 Å². The van der Waals surface area contributed by atoms with E-state index < -0.39 is 0 Å². The number of hydrogen-bond donors (Lipinski definition) is 1. The highest BCUT2D eigenvalue weighted by molar-refractivity contribution is 8.00. The van der Waals surface area contributed by atoms with Crippen molar-refractivity contribution >= 4 is 11.8 Å². The summed E-state index contributed by atoms with van der Waals surface area (Å²) < 4.78 is 0. The van der Waals surface area contributed by atoms with Gasteiger partial charge in [-0.05, 0) is 42.9 Å². The molecule has 1 aromatic carbocycles. The van der Waals surface area contributed by atoms with Gasteiger partial charge in [-0.25, -0.2) is 0 Å². The highest BCUT2D eigenvalue weighted by Crippen LogP contribution is 2.36. The molecule has 1 aliphatic carbocycles. The van der Waals surface area contributed by atoms with E-state index in [4.69, 9.17) is 0 Å². The molecular formula is C17H25NS. The zero-order valence-corrected chi connectivity index (χ0v) is 12.7. The maximum atomic E-state index is 3.74. The molecule has 1 fully saturated rings. The van der Waals surface area contributed by atoms with Gasteiger partial charge in [-0.15, -0.1) is 11.8 Å². The number of rotatable bonds is 4. The second-order valence-corrected chi connectivity index (χ2v) is 7.57. The van der Waals surface area contributed by atoms with Gasteiger partial charge in [0.15, 0.2) is 0 Å². The van der Waals surface area contributed by atoms with Crippen molar-refractivity contribution in [3.05, 3.63) is 29.8 Å². The van der Waals surface area contributed by atoms with Crippen LogP contribution in [0.5, 0.6) is 0 Å². The van der Waals surface area contributed by atoms with Gasteiger partial charge >= 0.3 is 0 Å². The Morgan fingerprint density at radius 1 is 1.16 bits per heavy atom. The molecule has 19 heavy (non-hydrogen) atoms. The first-order chi connectivity index (χ1) is 9.33. The molecule has 0 spiro atoms. The molecule has 104 valence electrons. The van der Waals surface area contributed by atoms with Gasteiger partial charge in [0.1, 0.15) is 0 Å². The zero-order valence-electron chi connectivity index (χ0n) is 11.9. The third-order valence-corrected chi connectivity index (χ3v) is 6.10. The van der Waals surface area contributed by atoms with Gasteiger partial charge in [0.25, 0.3) is 0 Å². The minimum Gasteiger partial charge on any atom is -0.315 e. The molecule has 0 saturated heterocycles. The minimum absolute atomic E-state index is 0.747. The Balaban J connectivity index is 1.42. The first-order valence-electron chi connectivity index (χ1n) is 7.78. The molecule has 2 heteroatoms. The summed E-state index contributed by atoms with van der Waals surface area (Å²) in [6.45, 7) is 4.84. The molecule has 0 amide bonds. The largest absolute Gasteiger partial charge is 0.315 e. The summed E-state index contributed by atoms with van der Waals surface area (Å²) in [5.74, 6) is 1.84. The van der Waals surface area contributed by atoms with Gasteiger partial charge in [-0.1, -0.05) is 44.4 Å². The third kappa shape index (κ3) is 3.35. The monoisotopic (exact) mass is 275 g/mol. The average Bonchev–Trinajstić information content (AvgIpc) is 2.83. The van der Waals surface area contributed by atoms with Crippen LogP contribution in [0.25, 0.3) is 0 Å². The molecule has 3 atom stereocenters. The van der Waals surface area contributed by atoms with Crippen molar-refractivity contribution in [2.24, 2.45) is 11.8 Å². The first kappa shape index (κ1) is 13.5. The quantitative estimate of drug-likeness (QED) is 0.887. The highest BCUT2D eigenvalue weighted by atomic mass is 32.2. The van der Waals surface area contributed by atoms with Gasteiger partial charge < -0.3 is 5.32 Å². The van der Waals surface area contributed by atoms with E-state index >= 15 is 0 Å². The average molecular weight is 275 g/mol. The number of thioether (sulfide) groups is 1. The standard InChI is InChI=1S/C17H25NS/c1-13-6-2-3-8-15(13)11-18-12-16-10-14-7-4-5-9-17(14)19-16/h4-5,7,9,13,15-16,18H,2-3,6,8,10-12H2,1H3. The molecule has 3 unspecified atom stereocenters. The molecule has 1 heterocycles. The van der Waals surface area contributed by atoms with Crippen molar-refractivity contribution in [2.45, 2.75) is 49.2 Å². The predicted octanol–water partition coefficient (Wildman–Crippen LogP) is 4.12. The van der Waals surface area contributed by atoms with Crippen LogP contribution in [-0.2, 0) is 6.42 Å². The van der Waals surface area contributed by atoms with Crippen molar-refractivity contribution in [1.29, 1.82) is 0 Å². The van der Waals surface area contributed by atoms with Gasteiger partial charge in [0.05, 0.1) is 0 Å². The van der Waals surface area contributed by atoms with Crippen molar-refractivity contribution in [3.8, 4) is 0 Å². The second kappa shape index (κ2) is 6.32. The Morgan fingerprint density at radius 3 is 2.84 bits per heavy atom. The third-order valence-electron chi connectivity index (χ3n) is 4.78. The molecule has 1 aliphatic heterocycles. The highest BCUT2D eigenvalue weighted by Gasteiger charge is 2.23. The summed E-state index contributed by atoms with van der Waals surface area (Å²) in [6, 6.07) is 8.87. The lowest BCUT2D eigenvalue weighted by molar-refractivity contribution is 0.248. The Kier molecular flexibility index (Phi) is 4.49. The van der Waals surface area contributed by atoms with Crippen LogP contribution in [0.1, 0.15) is 38.2 Å². The fourth-order valence-corrected chi connectivity index (χ4v) is 4.78. The Morgan fingerprint density at radius 2 is 2.00 bits per heavy atom. The number of nitrogens with one attached hydrogen (secondary N) is 1. The molecular weight excluding hydrogens is 250 g/mol. The van der Waals surface area contributed by atoms with E-state index in [-0.39, 0.29) is 0 Å². The van der Waals surface area contributed by atoms with Crippen LogP contribution in [0.2, 0.25) is 0 Å². The molecule has 1 N–H and O–H groups in total. The van der Waals surface area contributed by atoms with Crippen LogP contribution in [0.15, 0.2) is 29.2 Å². The SMILES string of the molecule is CC1CCCCC1CNCC1Cc2ccccc2S1. The maximum absolute atomic E-state index is 3.74. The van der Waals surface area contributed by atoms with Crippen LogP contribution in [-0.4, -0.2) is 18.3 Å². The lowest BCUT2D eigenvalue weighted by atomic mass is 9.80. The summed E-state index contributed by atoms with van der Waals surface area (Å²) in [5.41, 5.74) is 1.55. The molecule has 1 nitrogen and oxygen atoms in total. The van der Waals surface area contributed by atoms with E-state index in [1.807, 2.05) is 0 Å². The minimum atomic E-state index is 0.747. The molecule has 1 aromatic rings. The van der Waals surface area contributed by atoms with Crippen LogP contribution in [0.4, 0.5) is 0 Å². The van der Waals surface area contributed by atoms with E-state index in [1.54, 1.807) is 5.56 Å². The van der Waals surface area contributed by atoms with E-state index in [1.165, 1.54) is 50.1 Å². The maximum Gasteiger partial charge on any atom is 0.0260 e. The van der Waals surface area contributed by atoms with Crippen LogP contribution in [0.3, 0.4) is 0 Å². The Bertz CT molecular complexity index is 392. The molecule has 0 radical (unpaired) electrons. The van der Waals surface area contributed by atoms with Crippen LogP contribution >= 0.6 is 11.8 Å². The van der Waals surface area contributed by atoms with Crippen LogP contribution in [0, 0.1) is 11.8 Å². The molecule has 2 aliphatic rings. The fourth-order valence-electron chi connectivity index (χ4n) is 3.49. The summed E-state index contributed by atoms with van der Waals surface area (Å²) >= 11 is 2.06. The van der Waals surface area contributed by atoms with Crippen molar-refractivity contribution in [1.82, 2.24) is 5.32 Å².